The lowest BCUT2D eigenvalue weighted by molar-refractivity contribution is -0.117. The smallest absolute Gasteiger partial charge is 0.307 e. The van der Waals surface area contributed by atoms with Crippen molar-refractivity contribution in [3.05, 3.63) is 88.9 Å². The lowest BCUT2D eigenvalue weighted by Crippen LogP contribution is -2.40. The van der Waals surface area contributed by atoms with E-state index in [2.05, 4.69) is 17.4 Å². The molecule has 0 unspecified atom stereocenters. The van der Waals surface area contributed by atoms with Crippen LogP contribution in [0.5, 0.6) is 0 Å². The number of carbonyl (C=O) groups is 2. The Kier molecular flexibility index (Phi) is 6.83. The molecule has 0 aromatic heterocycles. The second-order valence-corrected chi connectivity index (χ2v) is 11.5. The van der Waals surface area contributed by atoms with Gasteiger partial charge in [-0.3, -0.25) is 4.79 Å². The SMILES string of the molecule is O=C1Cc2ccccc2NC(=O)N1c1cc(S(=O)(=O)N2CCC(Cc3ccccc3)CC2)ccc1Cl. The molecule has 2 aliphatic rings. The highest BCUT2D eigenvalue weighted by atomic mass is 35.5. The summed E-state index contributed by atoms with van der Waals surface area (Å²) in [6.07, 6.45) is 2.44. The number of urea groups is 1. The van der Waals surface area contributed by atoms with Crippen molar-refractivity contribution in [1.82, 2.24) is 4.31 Å². The summed E-state index contributed by atoms with van der Waals surface area (Å²) in [7, 11) is -3.83. The van der Waals surface area contributed by atoms with Gasteiger partial charge in [-0.05, 0) is 60.6 Å². The van der Waals surface area contributed by atoms with Gasteiger partial charge in [0.1, 0.15) is 0 Å². The Bertz CT molecular complexity index is 1370. The minimum absolute atomic E-state index is 0.00534. The Morgan fingerprint density at radius 1 is 0.917 bits per heavy atom. The molecule has 1 saturated heterocycles. The highest BCUT2D eigenvalue weighted by Gasteiger charge is 2.33. The summed E-state index contributed by atoms with van der Waals surface area (Å²) in [4.78, 5) is 26.9. The molecule has 0 bridgehead atoms. The van der Waals surface area contributed by atoms with Crippen LogP contribution in [0, 0.1) is 5.92 Å². The molecule has 1 N–H and O–H groups in total. The van der Waals surface area contributed by atoms with Crippen LogP contribution in [0.3, 0.4) is 0 Å². The highest BCUT2D eigenvalue weighted by molar-refractivity contribution is 7.89. The van der Waals surface area contributed by atoms with E-state index in [-0.39, 0.29) is 22.0 Å². The Morgan fingerprint density at radius 3 is 2.36 bits per heavy atom. The summed E-state index contributed by atoms with van der Waals surface area (Å²) in [5.74, 6) is -0.0738. The molecular formula is C27H26ClN3O4S. The van der Waals surface area contributed by atoms with Crippen molar-refractivity contribution in [3.8, 4) is 0 Å². The molecule has 3 aromatic carbocycles. The van der Waals surface area contributed by atoms with Crippen LogP contribution in [0.25, 0.3) is 0 Å². The standard InChI is InChI=1S/C27H26ClN3O4S/c28-23-11-10-22(18-25(23)31-26(32)17-21-8-4-5-9-24(21)29-27(31)33)36(34,35)30-14-12-20(13-15-30)16-19-6-2-1-3-7-19/h1-11,18,20H,12-17H2,(H,29,33). The summed E-state index contributed by atoms with van der Waals surface area (Å²) in [6.45, 7) is 0.826. The number of carbonyl (C=O) groups excluding carboxylic acids is 2. The lowest BCUT2D eigenvalue weighted by Gasteiger charge is -2.31. The second kappa shape index (κ2) is 10.0. The van der Waals surface area contributed by atoms with Gasteiger partial charge in [0.25, 0.3) is 0 Å². The molecule has 186 valence electrons. The molecule has 2 aliphatic heterocycles. The number of sulfonamides is 1. The zero-order valence-electron chi connectivity index (χ0n) is 19.6. The van der Waals surface area contributed by atoms with E-state index in [1.54, 1.807) is 24.3 Å². The summed E-state index contributed by atoms with van der Waals surface area (Å²) in [6, 6.07) is 20.7. The maximum atomic E-state index is 13.5. The highest BCUT2D eigenvalue weighted by Crippen LogP contribution is 2.34. The predicted molar refractivity (Wildman–Crippen MR) is 140 cm³/mol. The molecule has 1 fully saturated rings. The number of nitrogens with one attached hydrogen (secondary N) is 1. The average molecular weight is 524 g/mol. The van der Waals surface area contributed by atoms with E-state index in [0.717, 1.165) is 24.2 Å². The normalized spacial score (nSPS) is 17.4. The van der Waals surface area contributed by atoms with Crippen LogP contribution in [0.1, 0.15) is 24.0 Å². The lowest BCUT2D eigenvalue weighted by atomic mass is 9.91. The van der Waals surface area contributed by atoms with E-state index in [1.165, 1.54) is 28.1 Å². The quantitative estimate of drug-likeness (QED) is 0.504. The summed E-state index contributed by atoms with van der Waals surface area (Å²) in [5.41, 5.74) is 2.52. The third-order valence-corrected chi connectivity index (χ3v) is 9.00. The van der Waals surface area contributed by atoms with Gasteiger partial charge in [0, 0.05) is 18.8 Å². The van der Waals surface area contributed by atoms with Crippen molar-refractivity contribution < 1.29 is 18.0 Å². The van der Waals surface area contributed by atoms with Gasteiger partial charge in [-0.25, -0.2) is 18.1 Å². The van der Waals surface area contributed by atoms with Crippen LogP contribution >= 0.6 is 11.6 Å². The molecule has 9 heteroatoms. The van der Waals surface area contributed by atoms with Crippen LogP contribution in [0.2, 0.25) is 5.02 Å². The van der Waals surface area contributed by atoms with E-state index in [4.69, 9.17) is 11.6 Å². The van der Waals surface area contributed by atoms with Gasteiger partial charge in [-0.2, -0.15) is 4.31 Å². The number of nitrogens with zero attached hydrogens (tertiary/aromatic N) is 2. The predicted octanol–water partition coefficient (Wildman–Crippen LogP) is 5.10. The zero-order valence-corrected chi connectivity index (χ0v) is 21.1. The number of anilines is 2. The molecule has 7 nitrogen and oxygen atoms in total. The fourth-order valence-electron chi connectivity index (χ4n) is 4.84. The third-order valence-electron chi connectivity index (χ3n) is 6.79. The van der Waals surface area contributed by atoms with E-state index < -0.39 is 22.0 Å². The molecule has 3 amide bonds. The first kappa shape index (κ1) is 24.5. The number of hydrogen-bond acceptors (Lipinski definition) is 4. The number of halogens is 1. The molecule has 36 heavy (non-hydrogen) atoms. The Hall–Kier alpha value is -3.20. The molecule has 0 spiro atoms. The molecule has 5 rings (SSSR count). The van der Waals surface area contributed by atoms with E-state index in [0.29, 0.717) is 30.3 Å². The van der Waals surface area contributed by atoms with E-state index >= 15 is 0 Å². The second-order valence-electron chi connectivity index (χ2n) is 9.14. The van der Waals surface area contributed by atoms with Gasteiger partial charge in [-0.1, -0.05) is 60.1 Å². The Labute approximate surface area is 215 Å². The molecule has 0 radical (unpaired) electrons. The number of fused-ring (bicyclic) bond motifs is 1. The van der Waals surface area contributed by atoms with Crippen molar-refractivity contribution in [2.45, 2.75) is 30.6 Å². The van der Waals surface area contributed by atoms with Gasteiger partial charge in [0.15, 0.2) is 0 Å². The fraction of sp³-hybridized carbons (Fsp3) is 0.259. The molecule has 0 aliphatic carbocycles. The van der Waals surface area contributed by atoms with Crippen LogP contribution in [-0.4, -0.2) is 37.8 Å². The zero-order chi connectivity index (χ0) is 25.3. The van der Waals surface area contributed by atoms with Gasteiger partial charge >= 0.3 is 6.03 Å². The topological polar surface area (TPSA) is 86.8 Å². The van der Waals surface area contributed by atoms with Crippen LogP contribution in [0.4, 0.5) is 16.2 Å². The molecule has 0 saturated carbocycles. The Balaban J connectivity index is 1.36. The largest absolute Gasteiger partial charge is 0.333 e. The number of rotatable bonds is 5. The fourth-order valence-corrected chi connectivity index (χ4v) is 6.53. The van der Waals surface area contributed by atoms with Crippen molar-refractivity contribution in [2.24, 2.45) is 5.92 Å². The first-order valence-electron chi connectivity index (χ1n) is 11.9. The van der Waals surface area contributed by atoms with Crippen molar-refractivity contribution in [1.29, 1.82) is 0 Å². The van der Waals surface area contributed by atoms with Crippen LogP contribution in [-0.2, 0) is 27.7 Å². The third kappa shape index (κ3) is 4.89. The maximum Gasteiger partial charge on any atom is 0.333 e. The minimum atomic E-state index is -3.83. The maximum absolute atomic E-state index is 13.5. The van der Waals surface area contributed by atoms with Crippen molar-refractivity contribution in [2.75, 3.05) is 23.3 Å². The first-order valence-corrected chi connectivity index (χ1v) is 13.7. The molecule has 3 aromatic rings. The number of amides is 3. The number of benzene rings is 3. The van der Waals surface area contributed by atoms with Gasteiger partial charge in [0.05, 0.1) is 22.0 Å². The minimum Gasteiger partial charge on any atom is -0.307 e. The monoisotopic (exact) mass is 523 g/mol. The average Bonchev–Trinajstić information content (AvgIpc) is 2.99. The number of para-hydroxylation sites is 1. The van der Waals surface area contributed by atoms with Gasteiger partial charge < -0.3 is 5.32 Å². The summed E-state index contributed by atoms with van der Waals surface area (Å²) in [5, 5.41) is 2.84. The van der Waals surface area contributed by atoms with Crippen LogP contribution in [0.15, 0.2) is 77.7 Å². The summed E-state index contributed by atoms with van der Waals surface area (Å²) < 4.78 is 28.4. The van der Waals surface area contributed by atoms with Gasteiger partial charge in [0.2, 0.25) is 15.9 Å². The molecule has 2 heterocycles. The first-order chi connectivity index (χ1) is 17.3. The van der Waals surface area contributed by atoms with Gasteiger partial charge in [-0.15, -0.1) is 0 Å². The van der Waals surface area contributed by atoms with Crippen LogP contribution < -0.4 is 10.2 Å². The Morgan fingerprint density at radius 2 is 1.61 bits per heavy atom. The molecule has 0 atom stereocenters. The van der Waals surface area contributed by atoms with E-state index in [1.807, 2.05) is 18.2 Å². The number of piperidine rings is 1. The van der Waals surface area contributed by atoms with Crippen molar-refractivity contribution in [3.63, 3.8) is 0 Å². The summed E-state index contributed by atoms with van der Waals surface area (Å²) >= 11 is 6.37. The van der Waals surface area contributed by atoms with E-state index in [9.17, 15) is 18.0 Å². The van der Waals surface area contributed by atoms with Crippen molar-refractivity contribution >= 4 is 44.9 Å². The molecular weight excluding hydrogens is 498 g/mol. The number of hydrogen-bond donors (Lipinski definition) is 1. The number of imide groups is 1.